The Kier molecular flexibility index (Phi) is 11.6. The molecule has 0 saturated carbocycles. The van der Waals surface area contributed by atoms with Crippen LogP contribution in [0.3, 0.4) is 0 Å². The minimum Gasteiger partial charge on any atom is -0.494 e. The molecule has 1 heterocycles. The molecule has 0 bridgehead atoms. The van der Waals surface area contributed by atoms with Gasteiger partial charge in [0.25, 0.3) is 0 Å². The third-order valence-corrected chi connectivity index (χ3v) is 3.81. The fourth-order valence-corrected chi connectivity index (χ4v) is 2.47. The molecule has 0 radical (unpaired) electrons. The molecule has 1 saturated heterocycles. The molecule has 0 aromatic heterocycles. The van der Waals surface area contributed by atoms with Crippen molar-refractivity contribution in [3.63, 3.8) is 0 Å². The molecule has 0 aliphatic carbocycles. The van der Waals surface area contributed by atoms with Gasteiger partial charge in [0.15, 0.2) is 0 Å². The van der Waals surface area contributed by atoms with Gasteiger partial charge in [-0.05, 0) is 76.6 Å². The Balaban J connectivity index is 0.00000220. The zero-order chi connectivity index (χ0) is 14.2. The summed E-state index contributed by atoms with van der Waals surface area (Å²) in [6.07, 6.45) is 4.65. The van der Waals surface area contributed by atoms with Crippen LogP contribution < -0.4 is 10.1 Å². The number of ether oxygens (including phenoxy) is 1. The van der Waals surface area contributed by atoms with E-state index in [1.54, 1.807) is 12.1 Å². The third kappa shape index (κ3) is 8.18. The maximum absolute atomic E-state index is 12.7. The Hall–Kier alpha value is -0.550. The van der Waals surface area contributed by atoms with Crippen molar-refractivity contribution in [3.05, 3.63) is 30.1 Å². The van der Waals surface area contributed by atoms with Gasteiger partial charge >= 0.3 is 0 Å². The second-order valence-electron chi connectivity index (χ2n) is 5.54. The molecule has 6 heteroatoms. The van der Waals surface area contributed by atoms with Crippen LogP contribution in [0.2, 0.25) is 0 Å². The van der Waals surface area contributed by atoms with Gasteiger partial charge in [0.2, 0.25) is 0 Å². The van der Waals surface area contributed by atoms with Gasteiger partial charge in [-0.2, -0.15) is 0 Å². The lowest BCUT2D eigenvalue weighted by Gasteiger charge is -2.29. The van der Waals surface area contributed by atoms with E-state index < -0.39 is 0 Å². The van der Waals surface area contributed by atoms with Crippen LogP contribution in [0.15, 0.2) is 24.3 Å². The molecule has 22 heavy (non-hydrogen) atoms. The summed E-state index contributed by atoms with van der Waals surface area (Å²) >= 11 is 0. The van der Waals surface area contributed by atoms with Crippen molar-refractivity contribution in [2.24, 2.45) is 0 Å². The number of benzene rings is 1. The minimum absolute atomic E-state index is 0. The summed E-state index contributed by atoms with van der Waals surface area (Å²) < 4.78 is 18.3. The molecule has 0 atom stereocenters. The van der Waals surface area contributed by atoms with Crippen LogP contribution in [-0.4, -0.2) is 44.2 Å². The third-order valence-electron chi connectivity index (χ3n) is 3.81. The minimum atomic E-state index is -0.223. The molecule has 0 amide bonds. The predicted molar refractivity (Wildman–Crippen MR) is 94.1 cm³/mol. The van der Waals surface area contributed by atoms with Crippen LogP contribution in [0.1, 0.15) is 25.7 Å². The summed E-state index contributed by atoms with van der Waals surface area (Å²) in [5, 5.41) is 3.62. The van der Waals surface area contributed by atoms with Crippen molar-refractivity contribution in [3.8, 4) is 5.75 Å². The molecule has 1 aromatic rings. The van der Waals surface area contributed by atoms with Gasteiger partial charge in [-0.1, -0.05) is 0 Å². The van der Waals surface area contributed by atoms with Crippen molar-refractivity contribution < 1.29 is 9.13 Å². The van der Waals surface area contributed by atoms with Gasteiger partial charge in [0.1, 0.15) is 11.6 Å². The lowest BCUT2D eigenvalue weighted by molar-refractivity contribution is 0.233. The molecule has 1 N–H and O–H groups in total. The monoisotopic (exact) mass is 352 g/mol. The van der Waals surface area contributed by atoms with Crippen LogP contribution in [0.25, 0.3) is 0 Å². The molecular weight excluding hydrogens is 326 g/mol. The number of rotatable bonds is 7. The number of nitrogens with zero attached hydrogens (tertiary/aromatic N) is 1. The SMILES string of the molecule is CN1CCC(NCCCCOc2ccc(F)cc2)CC1.Cl.Cl. The van der Waals surface area contributed by atoms with E-state index in [0.717, 1.165) is 25.1 Å². The van der Waals surface area contributed by atoms with Gasteiger partial charge in [-0.3, -0.25) is 0 Å². The van der Waals surface area contributed by atoms with E-state index in [4.69, 9.17) is 4.74 Å². The summed E-state index contributed by atoms with van der Waals surface area (Å²) in [5.41, 5.74) is 0. The zero-order valence-electron chi connectivity index (χ0n) is 13.1. The van der Waals surface area contributed by atoms with Gasteiger partial charge in [0.05, 0.1) is 6.61 Å². The molecule has 2 rings (SSSR count). The Morgan fingerprint density at radius 2 is 1.77 bits per heavy atom. The molecule has 128 valence electrons. The molecule has 3 nitrogen and oxygen atoms in total. The van der Waals surface area contributed by atoms with Gasteiger partial charge in [0, 0.05) is 6.04 Å². The summed E-state index contributed by atoms with van der Waals surface area (Å²) in [5.74, 6) is 0.523. The summed E-state index contributed by atoms with van der Waals surface area (Å²) in [6, 6.07) is 6.89. The van der Waals surface area contributed by atoms with E-state index in [1.165, 1.54) is 38.1 Å². The van der Waals surface area contributed by atoms with Gasteiger partial charge < -0.3 is 15.0 Å². The second kappa shape index (κ2) is 11.9. The second-order valence-corrected chi connectivity index (χ2v) is 5.54. The molecule has 1 aliphatic heterocycles. The van der Waals surface area contributed by atoms with E-state index in [9.17, 15) is 4.39 Å². The highest BCUT2D eigenvalue weighted by Gasteiger charge is 2.15. The number of hydrogen-bond donors (Lipinski definition) is 1. The largest absolute Gasteiger partial charge is 0.494 e. The fraction of sp³-hybridized carbons (Fsp3) is 0.625. The van der Waals surface area contributed by atoms with Gasteiger partial charge in [-0.15, -0.1) is 24.8 Å². The number of piperidine rings is 1. The zero-order valence-corrected chi connectivity index (χ0v) is 14.7. The molecule has 1 aromatic carbocycles. The summed E-state index contributed by atoms with van der Waals surface area (Å²) in [4.78, 5) is 2.38. The van der Waals surface area contributed by atoms with Gasteiger partial charge in [-0.25, -0.2) is 4.39 Å². The quantitative estimate of drug-likeness (QED) is 0.760. The van der Waals surface area contributed by atoms with E-state index >= 15 is 0 Å². The Morgan fingerprint density at radius 3 is 2.41 bits per heavy atom. The maximum Gasteiger partial charge on any atom is 0.123 e. The van der Waals surface area contributed by atoms with Crippen LogP contribution in [-0.2, 0) is 0 Å². The van der Waals surface area contributed by atoms with Crippen molar-refractivity contribution in [2.45, 2.75) is 31.7 Å². The highest BCUT2D eigenvalue weighted by atomic mass is 35.5. The maximum atomic E-state index is 12.7. The van der Waals surface area contributed by atoms with E-state index in [2.05, 4.69) is 17.3 Å². The first-order valence-corrected chi connectivity index (χ1v) is 7.54. The number of nitrogens with one attached hydrogen (secondary N) is 1. The standard InChI is InChI=1S/C16H25FN2O.2ClH/c1-19-11-8-15(9-12-19)18-10-2-3-13-20-16-6-4-14(17)5-7-16;;/h4-7,15,18H,2-3,8-13H2,1H3;2*1H. The molecule has 0 unspecified atom stereocenters. The Morgan fingerprint density at radius 1 is 1.14 bits per heavy atom. The van der Waals surface area contributed by atoms with Crippen LogP contribution in [0, 0.1) is 5.82 Å². The summed E-state index contributed by atoms with van der Waals surface area (Å²) in [6.45, 7) is 4.15. The average Bonchev–Trinajstić information content (AvgIpc) is 2.46. The van der Waals surface area contributed by atoms with Crippen LogP contribution in [0.5, 0.6) is 5.75 Å². The van der Waals surface area contributed by atoms with Crippen LogP contribution >= 0.6 is 24.8 Å². The number of halogens is 3. The molecule has 0 spiro atoms. The Bertz CT molecular complexity index is 384. The summed E-state index contributed by atoms with van der Waals surface area (Å²) in [7, 11) is 2.18. The number of hydrogen-bond acceptors (Lipinski definition) is 3. The highest BCUT2D eigenvalue weighted by Crippen LogP contribution is 2.11. The van der Waals surface area contributed by atoms with Crippen molar-refractivity contribution >= 4 is 24.8 Å². The van der Waals surface area contributed by atoms with E-state index in [-0.39, 0.29) is 30.6 Å². The van der Waals surface area contributed by atoms with Crippen molar-refractivity contribution in [2.75, 3.05) is 33.3 Å². The molecule has 1 aliphatic rings. The first-order valence-electron chi connectivity index (χ1n) is 7.54. The topological polar surface area (TPSA) is 24.5 Å². The fourth-order valence-electron chi connectivity index (χ4n) is 2.47. The molecular formula is C16H27Cl2FN2O. The van der Waals surface area contributed by atoms with Crippen LogP contribution in [0.4, 0.5) is 4.39 Å². The average molecular weight is 353 g/mol. The lowest BCUT2D eigenvalue weighted by atomic mass is 10.1. The predicted octanol–water partition coefficient (Wildman–Crippen LogP) is 3.51. The van der Waals surface area contributed by atoms with Crippen molar-refractivity contribution in [1.29, 1.82) is 0 Å². The number of unbranched alkanes of at least 4 members (excludes halogenated alkanes) is 1. The smallest absolute Gasteiger partial charge is 0.123 e. The highest BCUT2D eigenvalue weighted by molar-refractivity contribution is 5.85. The molecule has 1 fully saturated rings. The number of likely N-dealkylation sites (tertiary alicyclic amines) is 1. The lowest BCUT2D eigenvalue weighted by Crippen LogP contribution is -2.41. The first-order chi connectivity index (χ1) is 9.74. The normalized spacial score (nSPS) is 15.7. The van der Waals surface area contributed by atoms with Crippen molar-refractivity contribution in [1.82, 2.24) is 10.2 Å². The Labute approximate surface area is 145 Å². The first kappa shape index (κ1) is 21.4. The van der Waals surface area contributed by atoms with E-state index in [1.807, 2.05) is 0 Å². The van der Waals surface area contributed by atoms with E-state index in [0.29, 0.717) is 12.6 Å².